The van der Waals surface area contributed by atoms with Gasteiger partial charge in [-0.3, -0.25) is 16.3 Å². The average molecular weight is 217 g/mol. The Morgan fingerprint density at radius 3 is 3.14 bits per heavy atom. The van der Waals surface area contributed by atoms with Crippen molar-refractivity contribution in [2.24, 2.45) is 10.9 Å². The lowest BCUT2D eigenvalue weighted by atomic mass is 10.6. The molecule has 1 aromatic heterocycles. The summed E-state index contributed by atoms with van der Waals surface area (Å²) in [5, 5.41) is 4.30. The molecule has 0 bridgehead atoms. The molecule has 0 aliphatic carbocycles. The smallest absolute Gasteiger partial charge is 0.332 e. The quantitative estimate of drug-likeness (QED) is 0.331. The molecule has 0 saturated heterocycles. The van der Waals surface area contributed by atoms with E-state index in [1.807, 2.05) is 0 Å². The lowest BCUT2D eigenvalue weighted by molar-refractivity contribution is -0.148. The van der Waals surface area contributed by atoms with Crippen molar-refractivity contribution in [1.29, 1.82) is 0 Å². The standard InChI is InChI=1S/C6H6FN4O2S/c7-6(9,5-10-1-2-14-5)13-11-3-4(8)12/h1-3,8H,9H2/b11-3+. The second-order valence-electron chi connectivity index (χ2n) is 2.17. The topological polar surface area (TPSA) is 101 Å². The van der Waals surface area contributed by atoms with Crippen LogP contribution in [0, 0.1) is 0 Å². The van der Waals surface area contributed by atoms with Crippen molar-refractivity contribution in [3.05, 3.63) is 16.6 Å². The maximum atomic E-state index is 13.3. The van der Waals surface area contributed by atoms with Gasteiger partial charge >= 0.3 is 5.98 Å². The molecule has 0 aliphatic heterocycles. The summed E-state index contributed by atoms with van der Waals surface area (Å²) in [7, 11) is 0. The van der Waals surface area contributed by atoms with E-state index in [4.69, 9.17) is 11.5 Å². The highest BCUT2D eigenvalue weighted by molar-refractivity contribution is 7.09. The van der Waals surface area contributed by atoms with Crippen LogP contribution in [0.25, 0.3) is 0 Å². The Hall–Kier alpha value is -1.54. The Morgan fingerprint density at radius 1 is 1.93 bits per heavy atom. The number of nitrogens with one attached hydrogen (secondary N) is 1. The van der Waals surface area contributed by atoms with Crippen molar-refractivity contribution < 1.29 is 14.0 Å². The van der Waals surface area contributed by atoms with Crippen LogP contribution in [0.5, 0.6) is 0 Å². The van der Waals surface area contributed by atoms with E-state index in [1.54, 1.807) is 0 Å². The van der Waals surface area contributed by atoms with Crippen LogP contribution in [0.3, 0.4) is 0 Å². The lowest BCUT2D eigenvalue weighted by Crippen LogP contribution is -2.33. The molecule has 6 nitrogen and oxygen atoms in total. The molecule has 0 spiro atoms. The monoisotopic (exact) mass is 217 g/mol. The first-order chi connectivity index (χ1) is 6.52. The third-order valence-corrected chi connectivity index (χ3v) is 1.94. The first-order valence-electron chi connectivity index (χ1n) is 3.37. The number of thiazole rings is 1. The zero-order valence-corrected chi connectivity index (χ0v) is 7.62. The summed E-state index contributed by atoms with van der Waals surface area (Å²) in [6.07, 6.45) is 1.85. The number of nitrogens with zero attached hydrogens (tertiary/aromatic N) is 2. The SMILES string of the molecule is [NH]C(=O)/C=N/OC(N)(F)c1nccs1. The average Bonchev–Trinajstić information content (AvgIpc) is 2.54. The fraction of sp³-hybridized carbons (Fsp3) is 0.167. The molecule has 0 fully saturated rings. The molecule has 1 heterocycles. The van der Waals surface area contributed by atoms with Crippen LogP contribution in [-0.4, -0.2) is 17.1 Å². The number of amides is 1. The van der Waals surface area contributed by atoms with Crippen molar-refractivity contribution in [3.63, 3.8) is 0 Å². The van der Waals surface area contributed by atoms with E-state index in [-0.39, 0.29) is 5.01 Å². The lowest BCUT2D eigenvalue weighted by Gasteiger charge is -2.13. The van der Waals surface area contributed by atoms with Crippen LogP contribution >= 0.6 is 11.3 Å². The zero-order chi connectivity index (χ0) is 10.6. The van der Waals surface area contributed by atoms with Crippen molar-refractivity contribution in [2.45, 2.75) is 5.98 Å². The van der Waals surface area contributed by atoms with E-state index in [1.165, 1.54) is 11.6 Å². The summed E-state index contributed by atoms with van der Waals surface area (Å²) in [6.45, 7) is 0. The number of aromatic nitrogens is 1. The zero-order valence-electron chi connectivity index (χ0n) is 6.81. The van der Waals surface area contributed by atoms with Crippen LogP contribution in [0.1, 0.15) is 5.01 Å². The molecule has 1 aromatic rings. The Balaban J connectivity index is 2.63. The van der Waals surface area contributed by atoms with Gasteiger partial charge in [0, 0.05) is 11.6 Å². The number of nitrogens with two attached hydrogens (primary N) is 1. The van der Waals surface area contributed by atoms with Gasteiger partial charge in [0.15, 0.2) is 5.01 Å². The molecule has 14 heavy (non-hydrogen) atoms. The van der Waals surface area contributed by atoms with Crippen molar-refractivity contribution in [2.75, 3.05) is 0 Å². The van der Waals surface area contributed by atoms with Gasteiger partial charge < -0.3 is 4.84 Å². The molecule has 1 unspecified atom stereocenters. The summed E-state index contributed by atoms with van der Waals surface area (Å²) < 4.78 is 13.3. The van der Waals surface area contributed by atoms with Crippen LogP contribution in [0.15, 0.2) is 16.7 Å². The minimum absolute atomic E-state index is 0.118. The molecule has 3 N–H and O–H groups in total. The first-order valence-corrected chi connectivity index (χ1v) is 4.25. The summed E-state index contributed by atoms with van der Waals surface area (Å²) in [4.78, 5) is 17.8. The van der Waals surface area contributed by atoms with Crippen LogP contribution < -0.4 is 11.5 Å². The predicted octanol–water partition coefficient (Wildman–Crippen LogP) is -0.00650. The number of carbonyl (C=O) groups is 1. The molecule has 1 amide bonds. The maximum absolute atomic E-state index is 13.3. The normalized spacial score (nSPS) is 15.3. The minimum atomic E-state index is -2.67. The summed E-state index contributed by atoms with van der Waals surface area (Å²) in [5.41, 5.74) is 11.5. The summed E-state index contributed by atoms with van der Waals surface area (Å²) in [5.74, 6) is -3.78. The van der Waals surface area contributed by atoms with Gasteiger partial charge in [-0.2, -0.15) is 4.39 Å². The largest absolute Gasteiger partial charge is 0.381 e. The third kappa shape index (κ3) is 2.75. The van der Waals surface area contributed by atoms with Crippen molar-refractivity contribution in [3.8, 4) is 0 Å². The molecule has 0 aromatic carbocycles. The Kier molecular flexibility index (Phi) is 3.10. The van der Waals surface area contributed by atoms with Crippen molar-refractivity contribution in [1.82, 2.24) is 10.7 Å². The van der Waals surface area contributed by atoms with Gasteiger partial charge in [-0.05, 0) is 0 Å². The van der Waals surface area contributed by atoms with Gasteiger partial charge in [0.25, 0.3) is 5.91 Å². The van der Waals surface area contributed by atoms with E-state index < -0.39 is 11.9 Å². The molecule has 0 aliphatic rings. The van der Waals surface area contributed by atoms with Gasteiger partial charge in [-0.1, -0.05) is 5.16 Å². The Labute approximate surface area is 82.4 Å². The second kappa shape index (κ2) is 4.11. The molecule has 1 radical (unpaired) electrons. The predicted molar refractivity (Wildman–Crippen MR) is 46.8 cm³/mol. The highest BCUT2D eigenvalue weighted by Gasteiger charge is 2.32. The van der Waals surface area contributed by atoms with Crippen molar-refractivity contribution >= 4 is 23.5 Å². The molecule has 1 atom stereocenters. The number of hydrogen-bond acceptors (Lipinski definition) is 6. The summed E-state index contributed by atoms with van der Waals surface area (Å²) >= 11 is 0.947. The fourth-order valence-corrected chi connectivity index (χ4v) is 1.15. The van der Waals surface area contributed by atoms with Crippen LogP contribution in [0.4, 0.5) is 4.39 Å². The third-order valence-electron chi connectivity index (χ3n) is 1.08. The van der Waals surface area contributed by atoms with Gasteiger partial charge in [0.2, 0.25) is 0 Å². The number of oxime groups is 1. The van der Waals surface area contributed by atoms with E-state index in [9.17, 15) is 9.18 Å². The number of rotatable bonds is 4. The second-order valence-corrected chi connectivity index (χ2v) is 3.07. The molecule has 75 valence electrons. The molecule has 0 saturated carbocycles. The van der Waals surface area contributed by atoms with Gasteiger partial charge in [0.1, 0.15) is 6.21 Å². The number of hydrogen-bond donors (Lipinski definition) is 1. The Morgan fingerprint density at radius 2 is 2.64 bits per heavy atom. The van der Waals surface area contributed by atoms with E-state index in [0.717, 1.165) is 11.3 Å². The molecular weight excluding hydrogens is 211 g/mol. The summed E-state index contributed by atoms with van der Waals surface area (Å²) in [6, 6.07) is 0. The highest BCUT2D eigenvalue weighted by atomic mass is 32.1. The highest BCUT2D eigenvalue weighted by Crippen LogP contribution is 2.23. The number of carbonyl (C=O) groups excluding carboxylic acids is 1. The van der Waals surface area contributed by atoms with E-state index in [0.29, 0.717) is 6.21 Å². The maximum Gasteiger partial charge on any atom is 0.381 e. The van der Waals surface area contributed by atoms with Gasteiger partial charge in [-0.15, -0.1) is 11.3 Å². The van der Waals surface area contributed by atoms with Gasteiger partial charge in [0.05, 0.1) is 0 Å². The van der Waals surface area contributed by atoms with Crippen LogP contribution in [-0.2, 0) is 15.6 Å². The van der Waals surface area contributed by atoms with E-state index >= 15 is 0 Å². The molecule has 8 heteroatoms. The molecular formula is C6H6FN4O2S. The number of halogens is 1. The fourth-order valence-electron chi connectivity index (χ4n) is 0.582. The van der Waals surface area contributed by atoms with E-state index in [2.05, 4.69) is 15.0 Å². The Bertz CT molecular complexity index is 338. The number of alkyl halides is 1. The van der Waals surface area contributed by atoms with Gasteiger partial charge in [-0.25, -0.2) is 4.98 Å². The van der Waals surface area contributed by atoms with Crippen LogP contribution in [0.2, 0.25) is 0 Å². The first kappa shape index (κ1) is 10.5. The molecule has 1 rings (SSSR count). The minimum Gasteiger partial charge on any atom is -0.332 e.